The van der Waals surface area contributed by atoms with Gasteiger partial charge in [0.1, 0.15) is 11.2 Å². The molecule has 0 bridgehead atoms. The van der Waals surface area contributed by atoms with Crippen molar-refractivity contribution in [3.8, 4) is 22.3 Å². The van der Waals surface area contributed by atoms with Crippen LogP contribution in [0.4, 0.5) is 0 Å². The molecule has 1 nitrogen and oxygen atoms in total. The lowest BCUT2D eigenvalue weighted by atomic mass is 9.86. The van der Waals surface area contributed by atoms with Gasteiger partial charge in [-0.2, -0.15) is 0 Å². The van der Waals surface area contributed by atoms with Crippen molar-refractivity contribution in [2.24, 2.45) is 5.92 Å². The Labute approximate surface area is 294 Å². The zero-order valence-corrected chi connectivity index (χ0v) is 30.9. The smallest absolute Gasteiger partial charge is 0.136 e. The van der Waals surface area contributed by atoms with E-state index in [0.717, 1.165) is 24.0 Å². The Morgan fingerprint density at radius 3 is 1.98 bits per heavy atom. The third kappa shape index (κ3) is 8.88. The maximum atomic E-state index is 6.18. The van der Waals surface area contributed by atoms with Crippen LogP contribution in [0.2, 0.25) is 0 Å². The minimum Gasteiger partial charge on any atom is -0.456 e. The maximum absolute atomic E-state index is 6.18. The van der Waals surface area contributed by atoms with E-state index in [4.69, 9.17) is 4.42 Å². The monoisotopic (exact) mass is 722 g/mol. The fourth-order valence-electron chi connectivity index (χ4n) is 5.75. The van der Waals surface area contributed by atoms with E-state index in [-0.39, 0.29) is 24.0 Å². The predicted octanol–water partition coefficient (Wildman–Crippen LogP) is 14.6. The predicted molar refractivity (Wildman–Crippen MR) is 218 cm³/mol. The minimum absolute atomic E-state index is 0. The summed E-state index contributed by atoms with van der Waals surface area (Å²) < 4.78 is 6.18. The Balaban J connectivity index is 0.000000454. The molecule has 1 heterocycles. The third-order valence-electron chi connectivity index (χ3n) is 7.95. The van der Waals surface area contributed by atoms with Gasteiger partial charge in [-0.3, -0.25) is 0 Å². The van der Waals surface area contributed by atoms with E-state index in [1.807, 2.05) is 45.1 Å². The molecule has 0 spiro atoms. The number of allylic oxidation sites excluding steroid dienone is 3. The second-order valence-corrected chi connectivity index (χ2v) is 10.8. The molecule has 0 saturated carbocycles. The van der Waals surface area contributed by atoms with Crippen LogP contribution in [0.25, 0.3) is 55.0 Å². The van der Waals surface area contributed by atoms with Gasteiger partial charge in [0, 0.05) is 10.8 Å². The number of fused-ring (bicyclic) bond motifs is 4. The summed E-state index contributed by atoms with van der Waals surface area (Å²) in [7, 11) is 0. The van der Waals surface area contributed by atoms with Crippen LogP contribution >= 0.6 is 24.0 Å². The van der Waals surface area contributed by atoms with E-state index < -0.39 is 0 Å². The molecule has 1 aromatic heterocycles. The lowest BCUT2D eigenvalue weighted by Gasteiger charge is -2.18. The third-order valence-corrected chi connectivity index (χ3v) is 7.95. The van der Waals surface area contributed by atoms with Crippen LogP contribution in [0, 0.1) is 12.8 Å². The van der Waals surface area contributed by atoms with E-state index in [2.05, 4.69) is 125 Å². The summed E-state index contributed by atoms with van der Waals surface area (Å²) in [5, 5.41) is 4.93. The molecule has 0 aliphatic carbocycles. The molecule has 2 heteroatoms. The number of hydrogen-bond acceptors (Lipinski definition) is 1. The summed E-state index contributed by atoms with van der Waals surface area (Å²) in [6, 6.07) is 34.7. The van der Waals surface area contributed by atoms with Crippen molar-refractivity contribution in [2.45, 2.75) is 60.8 Å². The van der Waals surface area contributed by atoms with Crippen molar-refractivity contribution in [2.75, 3.05) is 0 Å². The number of rotatable bonds is 7. The van der Waals surface area contributed by atoms with Gasteiger partial charge >= 0.3 is 0 Å². The van der Waals surface area contributed by atoms with Crippen LogP contribution in [-0.4, -0.2) is 0 Å². The van der Waals surface area contributed by atoms with Crippen LogP contribution in [0.15, 0.2) is 139 Å². The van der Waals surface area contributed by atoms with Crippen molar-refractivity contribution >= 4 is 56.7 Å². The largest absolute Gasteiger partial charge is 0.456 e. The standard InChI is InChI=1S/C31H24O.C8H14.C3H6.C2H6.HI/c1-3-23-24(22-17-18-27-26-11-6-7-14-29(26)32-30(27)19-22)12-8-13-28(23)31-20(2)15-16-21-9-4-5-10-25(21)31;1-4-7-8(5-2)6-3;1-3-2;1-2;/h4-19H,3H2,1-2H3;4-5,8H,1-2,6-7H2,3H3;3H,1H2,2H3;1-2H3;1H. The molecular weight excluding hydrogens is 671 g/mol. The van der Waals surface area contributed by atoms with E-state index in [1.165, 1.54) is 61.3 Å². The van der Waals surface area contributed by atoms with Crippen molar-refractivity contribution in [3.63, 3.8) is 0 Å². The fourth-order valence-corrected chi connectivity index (χ4v) is 5.75. The molecule has 5 aromatic carbocycles. The summed E-state index contributed by atoms with van der Waals surface area (Å²) in [5.74, 6) is 0.646. The van der Waals surface area contributed by atoms with E-state index in [0.29, 0.717) is 5.92 Å². The molecule has 6 aromatic rings. The maximum Gasteiger partial charge on any atom is 0.136 e. The molecule has 0 aliphatic heterocycles. The van der Waals surface area contributed by atoms with Gasteiger partial charge in [0.05, 0.1) is 0 Å². The van der Waals surface area contributed by atoms with Gasteiger partial charge in [0.25, 0.3) is 0 Å². The Morgan fingerprint density at radius 1 is 0.717 bits per heavy atom. The summed E-state index contributed by atoms with van der Waals surface area (Å²) in [6.07, 6.45) is 8.89. The lowest BCUT2D eigenvalue weighted by molar-refractivity contribution is 0.640. The lowest BCUT2D eigenvalue weighted by Crippen LogP contribution is -1.95. The summed E-state index contributed by atoms with van der Waals surface area (Å²) in [6.45, 7) is 23.2. The molecular formula is C44H51IO. The summed E-state index contributed by atoms with van der Waals surface area (Å²) in [4.78, 5) is 0. The fraction of sp³-hybridized carbons (Fsp3) is 0.227. The Bertz CT molecular complexity index is 1860. The van der Waals surface area contributed by atoms with Gasteiger partial charge in [-0.1, -0.05) is 125 Å². The van der Waals surface area contributed by atoms with E-state index >= 15 is 0 Å². The highest BCUT2D eigenvalue weighted by atomic mass is 127. The van der Waals surface area contributed by atoms with E-state index in [1.54, 1.807) is 6.08 Å². The zero-order chi connectivity index (χ0) is 32.8. The van der Waals surface area contributed by atoms with Gasteiger partial charge in [-0.25, -0.2) is 0 Å². The number of halogens is 1. The summed E-state index contributed by atoms with van der Waals surface area (Å²) in [5.41, 5.74) is 9.71. The molecule has 0 saturated heterocycles. The van der Waals surface area contributed by atoms with Crippen molar-refractivity contribution in [1.82, 2.24) is 0 Å². The van der Waals surface area contributed by atoms with Crippen LogP contribution in [0.5, 0.6) is 0 Å². The Morgan fingerprint density at radius 2 is 1.35 bits per heavy atom. The van der Waals surface area contributed by atoms with E-state index in [9.17, 15) is 0 Å². The number of para-hydroxylation sites is 1. The zero-order valence-electron chi connectivity index (χ0n) is 28.6. The highest BCUT2D eigenvalue weighted by Gasteiger charge is 2.16. The molecule has 0 amide bonds. The second kappa shape index (κ2) is 19.6. The first-order chi connectivity index (χ1) is 22.0. The first-order valence-corrected chi connectivity index (χ1v) is 16.3. The average Bonchev–Trinajstić information content (AvgIpc) is 3.46. The molecule has 0 N–H and O–H groups in total. The first-order valence-electron chi connectivity index (χ1n) is 16.3. The highest BCUT2D eigenvalue weighted by Crippen LogP contribution is 2.39. The number of aryl methyl sites for hydroxylation is 1. The van der Waals surface area contributed by atoms with Gasteiger partial charge in [0.2, 0.25) is 0 Å². The van der Waals surface area contributed by atoms with Crippen LogP contribution < -0.4 is 0 Å². The van der Waals surface area contributed by atoms with Gasteiger partial charge in [-0.05, 0) is 101 Å². The molecule has 1 unspecified atom stereocenters. The quantitative estimate of drug-likeness (QED) is 0.118. The second-order valence-electron chi connectivity index (χ2n) is 10.8. The highest BCUT2D eigenvalue weighted by molar-refractivity contribution is 14.0. The normalized spacial score (nSPS) is 10.7. The van der Waals surface area contributed by atoms with Gasteiger partial charge < -0.3 is 4.42 Å². The molecule has 1 atom stereocenters. The number of benzene rings is 5. The van der Waals surface area contributed by atoms with Crippen molar-refractivity contribution < 1.29 is 4.42 Å². The summed E-state index contributed by atoms with van der Waals surface area (Å²) >= 11 is 0. The van der Waals surface area contributed by atoms with Gasteiger partial charge in [-0.15, -0.1) is 43.7 Å². The molecule has 6 rings (SSSR count). The SMILES string of the molecule is C=CC.C=CCC(C=C)CC.CC.CCc1c(-c2ccc3c(c2)oc2ccccc23)cccc1-c1c(C)ccc2ccccc12.I. The number of hydrogen-bond donors (Lipinski definition) is 0. The topological polar surface area (TPSA) is 13.1 Å². The Hall–Kier alpha value is -3.89. The van der Waals surface area contributed by atoms with Crippen LogP contribution in [0.1, 0.15) is 58.6 Å². The molecule has 46 heavy (non-hydrogen) atoms. The Kier molecular flexibility index (Phi) is 16.3. The van der Waals surface area contributed by atoms with Crippen LogP contribution in [0.3, 0.4) is 0 Å². The minimum atomic E-state index is 0. The molecule has 0 aliphatic rings. The average molecular weight is 723 g/mol. The van der Waals surface area contributed by atoms with Crippen molar-refractivity contribution in [3.05, 3.63) is 146 Å². The molecule has 240 valence electrons. The number of furan rings is 1. The van der Waals surface area contributed by atoms with Crippen LogP contribution in [-0.2, 0) is 6.42 Å². The first kappa shape index (κ1) is 38.3. The molecule has 0 radical (unpaired) electrons. The van der Waals surface area contributed by atoms with Crippen molar-refractivity contribution in [1.29, 1.82) is 0 Å². The molecule has 0 fully saturated rings. The van der Waals surface area contributed by atoms with Gasteiger partial charge in [0.15, 0.2) is 0 Å².